The third-order valence-electron chi connectivity index (χ3n) is 2.17. The molecule has 1 unspecified atom stereocenters. The fourth-order valence-corrected chi connectivity index (χ4v) is 1.13. The minimum absolute atomic E-state index is 0.00861. The fourth-order valence-electron chi connectivity index (χ4n) is 0.955. The molecular weight excluding hydrogens is 210 g/mol. The molecule has 0 aliphatic rings. The Balaban J connectivity index is 3.91. The topological polar surface area (TPSA) is 58.4 Å². The van der Waals surface area contributed by atoms with Gasteiger partial charge in [-0.2, -0.15) is 0 Å². The van der Waals surface area contributed by atoms with Crippen LogP contribution in [0.4, 0.5) is 0 Å². The number of carbonyl (C=O) groups is 1. The van der Waals surface area contributed by atoms with Crippen molar-refractivity contribution in [2.24, 2.45) is 11.7 Å². The lowest BCUT2D eigenvalue weighted by Crippen LogP contribution is -2.45. The molecular formula is C10H21N3OS. The van der Waals surface area contributed by atoms with Crippen LogP contribution in [-0.2, 0) is 4.79 Å². The summed E-state index contributed by atoms with van der Waals surface area (Å²) >= 11 is 4.86. The highest BCUT2D eigenvalue weighted by Crippen LogP contribution is 1.95. The minimum atomic E-state index is -0.0511. The summed E-state index contributed by atoms with van der Waals surface area (Å²) in [6, 6.07) is -0.0511. The summed E-state index contributed by atoms with van der Waals surface area (Å²) in [6.45, 7) is 7.03. The van der Waals surface area contributed by atoms with Gasteiger partial charge in [0.05, 0.1) is 17.6 Å². The molecule has 0 saturated heterocycles. The molecule has 0 saturated carbocycles. The van der Waals surface area contributed by atoms with Gasteiger partial charge in [-0.15, -0.1) is 0 Å². The van der Waals surface area contributed by atoms with Gasteiger partial charge in [0.15, 0.2) is 0 Å². The van der Waals surface area contributed by atoms with E-state index in [1.54, 1.807) is 0 Å². The summed E-state index contributed by atoms with van der Waals surface area (Å²) < 4.78 is 0. The minimum Gasteiger partial charge on any atom is -0.392 e. The zero-order valence-corrected chi connectivity index (χ0v) is 10.7. The van der Waals surface area contributed by atoms with Crippen LogP contribution in [0.25, 0.3) is 0 Å². The van der Waals surface area contributed by atoms with Crippen LogP contribution in [0.3, 0.4) is 0 Å². The molecule has 1 atom stereocenters. The van der Waals surface area contributed by atoms with Gasteiger partial charge in [-0.05, 0) is 19.9 Å². The molecule has 88 valence electrons. The smallest absolute Gasteiger partial charge is 0.234 e. The van der Waals surface area contributed by atoms with Crippen LogP contribution in [0.15, 0.2) is 0 Å². The van der Waals surface area contributed by atoms with E-state index in [-0.39, 0.29) is 11.9 Å². The van der Waals surface area contributed by atoms with Crippen molar-refractivity contribution in [3.05, 3.63) is 0 Å². The number of likely N-dealkylation sites (N-methyl/N-ethyl adjacent to an activating group) is 1. The van der Waals surface area contributed by atoms with Crippen LogP contribution in [0.1, 0.15) is 20.8 Å². The van der Waals surface area contributed by atoms with E-state index in [1.807, 2.05) is 18.9 Å². The molecule has 1 amide bonds. The summed E-state index contributed by atoms with van der Waals surface area (Å²) in [7, 11) is 1.83. The molecule has 4 nitrogen and oxygen atoms in total. The second-order valence-corrected chi connectivity index (χ2v) is 4.66. The van der Waals surface area contributed by atoms with Gasteiger partial charge in [-0.3, -0.25) is 9.69 Å². The summed E-state index contributed by atoms with van der Waals surface area (Å²) in [5, 5.41) is 2.84. The molecule has 0 aromatic heterocycles. The molecule has 0 fully saturated rings. The molecule has 0 heterocycles. The highest BCUT2D eigenvalue weighted by Gasteiger charge is 2.14. The third-order valence-corrected chi connectivity index (χ3v) is 2.51. The Kier molecular flexibility index (Phi) is 6.43. The predicted molar refractivity (Wildman–Crippen MR) is 66.7 cm³/mol. The van der Waals surface area contributed by atoms with Gasteiger partial charge in [0, 0.05) is 6.54 Å². The van der Waals surface area contributed by atoms with Gasteiger partial charge in [-0.25, -0.2) is 0 Å². The molecule has 3 N–H and O–H groups in total. The van der Waals surface area contributed by atoms with E-state index in [9.17, 15) is 4.79 Å². The van der Waals surface area contributed by atoms with E-state index < -0.39 is 0 Å². The van der Waals surface area contributed by atoms with Gasteiger partial charge < -0.3 is 11.1 Å². The average molecular weight is 231 g/mol. The maximum Gasteiger partial charge on any atom is 0.234 e. The van der Waals surface area contributed by atoms with E-state index in [0.29, 0.717) is 24.0 Å². The number of thiocarbonyl (C=S) groups is 1. The Labute approximate surface area is 97.2 Å². The van der Waals surface area contributed by atoms with E-state index in [0.717, 1.165) is 0 Å². The molecule has 0 aromatic rings. The first-order chi connectivity index (χ1) is 6.84. The van der Waals surface area contributed by atoms with Crippen LogP contribution >= 0.6 is 12.2 Å². The molecule has 0 aliphatic carbocycles. The zero-order valence-electron chi connectivity index (χ0n) is 9.91. The second-order valence-electron chi connectivity index (χ2n) is 4.19. The highest BCUT2D eigenvalue weighted by atomic mass is 32.1. The van der Waals surface area contributed by atoms with Crippen LogP contribution < -0.4 is 11.1 Å². The quantitative estimate of drug-likeness (QED) is 0.648. The number of amides is 1. The lowest BCUT2D eigenvalue weighted by molar-refractivity contribution is -0.122. The number of nitrogens with two attached hydrogens (primary N) is 1. The molecule has 5 heteroatoms. The van der Waals surface area contributed by atoms with Crippen molar-refractivity contribution in [2.45, 2.75) is 26.8 Å². The molecule has 0 rings (SSSR count). The maximum absolute atomic E-state index is 11.4. The first kappa shape index (κ1) is 14.3. The first-order valence-electron chi connectivity index (χ1n) is 5.10. The van der Waals surface area contributed by atoms with Crippen molar-refractivity contribution in [2.75, 3.05) is 20.1 Å². The predicted octanol–water partition coefficient (Wildman–Crippen LogP) is 0.365. The Morgan fingerprint density at radius 1 is 1.47 bits per heavy atom. The van der Waals surface area contributed by atoms with Crippen LogP contribution in [-0.4, -0.2) is 42.0 Å². The van der Waals surface area contributed by atoms with Crippen molar-refractivity contribution >= 4 is 23.1 Å². The molecule has 0 aliphatic heterocycles. The number of nitrogens with zero attached hydrogens (tertiary/aromatic N) is 1. The molecule has 0 aromatic carbocycles. The van der Waals surface area contributed by atoms with Gasteiger partial charge in [-0.1, -0.05) is 26.1 Å². The van der Waals surface area contributed by atoms with E-state index in [4.69, 9.17) is 18.0 Å². The van der Waals surface area contributed by atoms with Crippen molar-refractivity contribution in [1.82, 2.24) is 10.2 Å². The largest absolute Gasteiger partial charge is 0.392 e. The Bertz CT molecular complexity index is 231. The summed E-state index contributed by atoms with van der Waals surface area (Å²) in [6.07, 6.45) is 0. The van der Waals surface area contributed by atoms with E-state index in [2.05, 4.69) is 19.2 Å². The summed E-state index contributed by atoms with van der Waals surface area (Å²) in [5.74, 6) is 0.474. The van der Waals surface area contributed by atoms with Gasteiger partial charge in [0.2, 0.25) is 5.91 Å². The SMILES string of the molecule is CC(C)CNC(=O)CN(C)C(C)C(N)=S. The maximum atomic E-state index is 11.4. The van der Waals surface area contributed by atoms with Crippen LogP contribution in [0.2, 0.25) is 0 Å². The lowest BCUT2D eigenvalue weighted by Gasteiger charge is -2.23. The second kappa shape index (κ2) is 6.74. The van der Waals surface area contributed by atoms with E-state index >= 15 is 0 Å². The fraction of sp³-hybridized carbons (Fsp3) is 0.800. The Hall–Kier alpha value is -0.680. The lowest BCUT2D eigenvalue weighted by atomic mass is 10.2. The Morgan fingerprint density at radius 2 is 2.00 bits per heavy atom. The number of rotatable bonds is 6. The molecule has 0 bridgehead atoms. The molecule has 0 radical (unpaired) electrons. The standard InChI is InChI=1S/C10H21N3OS/c1-7(2)5-12-9(14)6-13(4)8(3)10(11)15/h7-8H,5-6H2,1-4H3,(H2,11,15)(H,12,14). The van der Waals surface area contributed by atoms with Crippen molar-refractivity contribution in [1.29, 1.82) is 0 Å². The van der Waals surface area contributed by atoms with Gasteiger partial charge >= 0.3 is 0 Å². The van der Waals surface area contributed by atoms with Crippen LogP contribution in [0, 0.1) is 5.92 Å². The normalized spacial score (nSPS) is 12.9. The Morgan fingerprint density at radius 3 is 2.40 bits per heavy atom. The highest BCUT2D eigenvalue weighted by molar-refractivity contribution is 7.80. The van der Waals surface area contributed by atoms with E-state index in [1.165, 1.54) is 0 Å². The van der Waals surface area contributed by atoms with Crippen molar-refractivity contribution < 1.29 is 4.79 Å². The summed E-state index contributed by atoms with van der Waals surface area (Å²) in [5.41, 5.74) is 5.49. The number of nitrogens with one attached hydrogen (secondary N) is 1. The first-order valence-corrected chi connectivity index (χ1v) is 5.51. The molecule has 15 heavy (non-hydrogen) atoms. The summed E-state index contributed by atoms with van der Waals surface area (Å²) in [4.78, 5) is 13.7. The average Bonchev–Trinajstić information content (AvgIpc) is 2.13. The third kappa shape index (κ3) is 6.41. The monoisotopic (exact) mass is 231 g/mol. The van der Waals surface area contributed by atoms with Crippen molar-refractivity contribution in [3.8, 4) is 0 Å². The van der Waals surface area contributed by atoms with Gasteiger partial charge in [0.25, 0.3) is 0 Å². The zero-order chi connectivity index (χ0) is 12.0. The number of hydrogen-bond donors (Lipinski definition) is 2. The number of carbonyl (C=O) groups excluding carboxylic acids is 1. The molecule has 0 spiro atoms. The van der Waals surface area contributed by atoms with Gasteiger partial charge in [0.1, 0.15) is 0 Å². The van der Waals surface area contributed by atoms with Crippen LogP contribution in [0.5, 0.6) is 0 Å². The van der Waals surface area contributed by atoms with Crippen molar-refractivity contribution in [3.63, 3.8) is 0 Å². The number of hydrogen-bond acceptors (Lipinski definition) is 3.